The fourth-order valence-corrected chi connectivity index (χ4v) is 0.407. The highest BCUT2D eigenvalue weighted by Crippen LogP contribution is 1.91. The third-order valence-corrected chi connectivity index (χ3v) is 1.53. The minimum Gasteiger partial charge on any atom is -0.366 e. The van der Waals surface area contributed by atoms with E-state index >= 15 is 0 Å². The van der Waals surface area contributed by atoms with Crippen LogP contribution < -0.4 is 5.73 Å². The first-order valence-corrected chi connectivity index (χ1v) is 4.56. The van der Waals surface area contributed by atoms with Crippen LogP contribution in [0.1, 0.15) is 27.2 Å². The molecule has 3 heteroatoms. The quantitative estimate of drug-likeness (QED) is 0.677. The predicted octanol–water partition coefficient (Wildman–Crippen LogP) is 1.40. The largest absolute Gasteiger partial charge is 0.366 e. The van der Waals surface area contributed by atoms with Gasteiger partial charge in [0.1, 0.15) is 0 Å². The third-order valence-electron chi connectivity index (χ3n) is 1.53. The van der Waals surface area contributed by atoms with Crippen molar-refractivity contribution in [3.05, 3.63) is 11.6 Å². The van der Waals surface area contributed by atoms with Gasteiger partial charge >= 0.3 is 0 Å². The molecule has 0 rings (SSSR count). The van der Waals surface area contributed by atoms with Crippen molar-refractivity contribution in [2.75, 3.05) is 20.6 Å². The average Bonchev–Trinajstić information content (AvgIpc) is 2.06. The number of nitrogens with zero attached hydrogens (tertiary/aromatic N) is 1. The summed E-state index contributed by atoms with van der Waals surface area (Å²) in [7, 11) is 4.11. The van der Waals surface area contributed by atoms with E-state index < -0.39 is 0 Å². The van der Waals surface area contributed by atoms with Crippen molar-refractivity contribution in [2.24, 2.45) is 5.73 Å². The topological polar surface area (TPSA) is 46.3 Å². The second-order valence-electron chi connectivity index (χ2n) is 3.06. The second kappa shape index (κ2) is 9.26. The van der Waals surface area contributed by atoms with Crippen LogP contribution in [0.5, 0.6) is 0 Å². The van der Waals surface area contributed by atoms with Crippen molar-refractivity contribution in [1.82, 2.24) is 4.90 Å². The lowest BCUT2D eigenvalue weighted by Crippen LogP contribution is -2.11. The Bertz CT molecular complexity index is 162. The first-order valence-electron chi connectivity index (χ1n) is 4.56. The Kier molecular flexibility index (Phi) is 10.5. The zero-order valence-electron chi connectivity index (χ0n) is 9.42. The van der Waals surface area contributed by atoms with Gasteiger partial charge in [0.25, 0.3) is 0 Å². The van der Waals surface area contributed by atoms with Crippen molar-refractivity contribution in [1.29, 1.82) is 0 Å². The molecule has 0 fully saturated rings. The maximum Gasteiger partial charge on any atom is 0.244 e. The highest BCUT2D eigenvalue weighted by molar-refractivity contribution is 5.91. The standard InChI is InChI=1S/C6H11NO.C4H11N/c1-3-4-5(2)6(7)8;1-4-5(2)3/h4H,3H2,1-2H3,(H2,7,8);4H2,1-3H3. The van der Waals surface area contributed by atoms with E-state index in [9.17, 15) is 4.79 Å². The normalized spacial score (nSPS) is 10.8. The van der Waals surface area contributed by atoms with Gasteiger partial charge < -0.3 is 10.6 Å². The summed E-state index contributed by atoms with van der Waals surface area (Å²) in [6, 6.07) is 0. The number of allylic oxidation sites excluding steroid dienone is 1. The molecule has 13 heavy (non-hydrogen) atoms. The lowest BCUT2D eigenvalue weighted by molar-refractivity contribution is -0.114. The molecular formula is C10H22N2O. The van der Waals surface area contributed by atoms with Crippen LogP contribution in [0.4, 0.5) is 0 Å². The van der Waals surface area contributed by atoms with Crippen LogP contribution in [0, 0.1) is 0 Å². The summed E-state index contributed by atoms with van der Waals surface area (Å²) in [6.45, 7) is 6.94. The number of amides is 1. The first kappa shape index (κ1) is 14.7. The molecule has 0 unspecified atom stereocenters. The first-order chi connectivity index (χ1) is 5.95. The maximum absolute atomic E-state index is 10.2. The summed E-state index contributed by atoms with van der Waals surface area (Å²) >= 11 is 0. The minimum atomic E-state index is -0.327. The molecule has 2 N–H and O–H groups in total. The van der Waals surface area contributed by atoms with Gasteiger partial charge in [-0.05, 0) is 34.0 Å². The SMILES string of the molecule is CCC=C(C)C(N)=O.CCN(C)C. The van der Waals surface area contributed by atoms with Gasteiger partial charge in [-0.2, -0.15) is 0 Å². The summed E-state index contributed by atoms with van der Waals surface area (Å²) in [4.78, 5) is 12.4. The van der Waals surface area contributed by atoms with E-state index in [4.69, 9.17) is 5.73 Å². The molecule has 0 aliphatic heterocycles. The lowest BCUT2D eigenvalue weighted by Gasteiger charge is -2.00. The number of hydrogen-bond donors (Lipinski definition) is 1. The van der Waals surface area contributed by atoms with E-state index in [2.05, 4.69) is 25.9 Å². The van der Waals surface area contributed by atoms with Gasteiger partial charge in [0.05, 0.1) is 0 Å². The molecule has 0 aromatic rings. The molecule has 0 atom stereocenters. The van der Waals surface area contributed by atoms with Crippen molar-refractivity contribution in [3.8, 4) is 0 Å². The maximum atomic E-state index is 10.2. The van der Waals surface area contributed by atoms with Crippen LogP contribution in [0.15, 0.2) is 11.6 Å². The van der Waals surface area contributed by atoms with Crippen molar-refractivity contribution in [3.63, 3.8) is 0 Å². The molecule has 0 heterocycles. The van der Waals surface area contributed by atoms with E-state index in [-0.39, 0.29) is 5.91 Å². The van der Waals surface area contributed by atoms with E-state index in [1.54, 1.807) is 6.92 Å². The van der Waals surface area contributed by atoms with E-state index in [0.717, 1.165) is 13.0 Å². The summed E-state index contributed by atoms with van der Waals surface area (Å²) in [5, 5.41) is 0. The van der Waals surface area contributed by atoms with Gasteiger partial charge in [0.2, 0.25) is 5.91 Å². The molecule has 78 valence electrons. The predicted molar refractivity (Wildman–Crippen MR) is 57.5 cm³/mol. The van der Waals surface area contributed by atoms with Crippen LogP contribution in [0.25, 0.3) is 0 Å². The molecule has 0 aliphatic rings. The van der Waals surface area contributed by atoms with Crippen LogP contribution in [-0.2, 0) is 4.79 Å². The molecular weight excluding hydrogens is 164 g/mol. The Hall–Kier alpha value is -0.830. The molecule has 0 aromatic heterocycles. The van der Waals surface area contributed by atoms with Crippen molar-refractivity contribution < 1.29 is 4.79 Å². The Morgan fingerprint density at radius 3 is 1.85 bits per heavy atom. The number of carbonyl (C=O) groups excluding carboxylic acids is 1. The van der Waals surface area contributed by atoms with Gasteiger partial charge in [-0.1, -0.05) is 19.9 Å². The van der Waals surface area contributed by atoms with Gasteiger partial charge in [-0.25, -0.2) is 0 Å². The molecule has 1 amide bonds. The van der Waals surface area contributed by atoms with Crippen molar-refractivity contribution in [2.45, 2.75) is 27.2 Å². The van der Waals surface area contributed by atoms with Crippen LogP contribution >= 0.6 is 0 Å². The Morgan fingerprint density at radius 1 is 1.38 bits per heavy atom. The summed E-state index contributed by atoms with van der Waals surface area (Å²) < 4.78 is 0. The highest BCUT2D eigenvalue weighted by Gasteiger charge is 1.91. The summed E-state index contributed by atoms with van der Waals surface area (Å²) in [5.41, 5.74) is 5.56. The van der Waals surface area contributed by atoms with Gasteiger partial charge in [-0.15, -0.1) is 0 Å². The van der Waals surface area contributed by atoms with E-state index in [1.165, 1.54) is 0 Å². The molecule has 3 nitrogen and oxygen atoms in total. The lowest BCUT2D eigenvalue weighted by atomic mass is 10.2. The van der Waals surface area contributed by atoms with Crippen LogP contribution in [-0.4, -0.2) is 31.4 Å². The molecule has 0 bridgehead atoms. The number of nitrogens with two attached hydrogens (primary N) is 1. The Balaban J connectivity index is 0. The molecule has 0 radical (unpaired) electrons. The Labute approximate surface area is 81.6 Å². The fraction of sp³-hybridized carbons (Fsp3) is 0.700. The van der Waals surface area contributed by atoms with E-state index in [1.807, 2.05) is 13.0 Å². The smallest absolute Gasteiger partial charge is 0.244 e. The molecule has 0 spiro atoms. The van der Waals surface area contributed by atoms with Crippen LogP contribution in [0.3, 0.4) is 0 Å². The van der Waals surface area contributed by atoms with Gasteiger partial charge in [-0.3, -0.25) is 4.79 Å². The molecule has 0 saturated carbocycles. The monoisotopic (exact) mass is 186 g/mol. The second-order valence-corrected chi connectivity index (χ2v) is 3.06. The number of primary amides is 1. The van der Waals surface area contributed by atoms with Crippen LogP contribution in [0.2, 0.25) is 0 Å². The number of hydrogen-bond acceptors (Lipinski definition) is 2. The van der Waals surface area contributed by atoms with Gasteiger partial charge in [0, 0.05) is 5.57 Å². The fourth-order valence-electron chi connectivity index (χ4n) is 0.407. The number of rotatable bonds is 3. The number of carbonyl (C=O) groups is 1. The molecule has 0 aromatic carbocycles. The minimum absolute atomic E-state index is 0.327. The van der Waals surface area contributed by atoms with Gasteiger partial charge in [0.15, 0.2) is 0 Å². The van der Waals surface area contributed by atoms with E-state index in [0.29, 0.717) is 5.57 Å². The third kappa shape index (κ3) is 14.1. The summed E-state index contributed by atoms with van der Waals surface area (Å²) in [6.07, 6.45) is 2.68. The zero-order chi connectivity index (χ0) is 10.9. The Morgan fingerprint density at radius 2 is 1.77 bits per heavy atom. The molecule has 0 aliphatic carbocycles. The average molecular weight is 186 g/mol. The molecule has 0 saturated heterocycles. The van der Waals surface area contributed by atoms with Crippen molar-refractivity contribution >= 4 is 5.91 Å². The highest BCUT2D eigenvalue weighted by atomic mass is 16.1. The summed E-state index contributed by atoms with van der Waals surface area (Å²) in [5.74, 6) is -0.327. The zero-order valence-corrected chi connectivity index (χ0v) is 9.42.